The van der Waals surface area contributed by atoms with Gasteiger partial charge in [0.25, 0.3) is 0 Å². The minimum absolute atomic E-state index is 0.00428. The summed E-state index contributed by atoms with van der Waals surface area (Å²) in [5.41, 5.74) is 0. The van der Waals surface area contributed by atoms with Crippen LogP contribution in [0.2, 0.25) is 0 Å². The van der Waals surface area contributed by atoms with Crippen molar-refractivity contribution in [1.29, 1.82) is 0 Å². The summed E-state index contributed by atoms with van der Waals surface area (Å²) in [5, 5.41) is 0. The van der Waals surface area contributed by atoms with Crippen molar-refractivity contribution in [2.45, 2.75) is 65.2 Å². The molecular weight excluding hydrogens is 227 g/mol. The van der Waals surface area contributed by atoms with E-state index >= 15 is 0 Å². The largest absolute Gasteiger partial charge is 0.404 e. The highest BCUT2D eigenvalue weighted by molar-refractivity contribution is 4.88. The molecule has 0 amide bonds. The Morgan fingerprint density at radius 3 is 2.00 bits per heavy atom. The molecule has 1 unspecified atom stereocenters. The van der Waals surface area contributed by atoms with Crippen molar-refractivity contribution in [3.8, 4) is 0 Å². The van der Waals surface area contributed by atoms with Gasteiger partial charge in [0.1, 0.15) is 6.04 Å². The molecule has 0 spiro atoms. The Hall–Kier alpha value is -0.250. The van der Waals surface area contributed by atoms with Gasteiger partial charge in [-0.25, -0.2) is 0 Å². The second-order valence-electron chi connectivity index (χ2n) is 5.63. The zero-order chi connectivity index (χ0) is 13.2. The molecule has 0 radical (unpaired) electrons. The molecule has 1 fully saturated rings. The summed E-state index contributed by atoms with van der Waals surface area (Å²) in [5.74, 6) is 0.107. The number of alkyl halides is 3. The molecule has 0 aromatic rings. The molecule has 102 valence electrons. The molecule has 0 aliphatic heterocycles. The van der Waals surface area contributed by atoms with Crippen LogP contribution in [0.4, 0.5) is 13.2 Å². The molecule has 2 atom stereocenters. The van der Waals surface area contributed by atoms with Crippen molar-refractivity contribution < 1.29 is 13.2 Å². The average Bonchev–Trinajstić information content (AvgIpc) is 2.96. The SMILES string of the molecule is CCC(C)N(CC1CC1)[C@@H](C(C)C)C(F)(F)F. The molecule has 0 saturated heterocycles. The molecule has 4 heteroatoms. The van der Waals surface area contributed by atoms with Crippen molar-refractivity contribution in [2.75, 3.05) is 6.54 Å². The first-order valence-electron chi connectivity index (χ1n) is 6.59. The van der Waals surface area contributed by atoms with Crippen LogP contribution < -0.4 is 0 Å². The number of hydrogen-bond donors (Lipinski definition) is 0. The Bertz CT molecular complexity index is 233. The standard InChI is InChI=1S/C13H24F3N/c1-5-10(4)17(8-11-6-7-11)12(9(2)3)13(14,15)16/h9-12H,5-8H2,1-4H3/t10?,12-/m0/s1. The zero-order valence-corrected chi connectivity index (χ0v) is 11.2. The van der Waals surface area contributed by atoms with Gasteiger partial charge in [-0.05, 0) is 38.0 Å². The van der Waals surface area contributed by atoms with Gasteiger partial charge in [0.15, 0.2) is 0 Å². The molecule has 1 aliphatic carbocycles. The van der Waals surface area contributed by atoms with Crippen LogP contribution in [-0.2, 0) is 0 Å². The van der Waals surface area contributed by atoms with Crippen molar-refractivity contribution in [3.63, 3.8) is 0 Å². The Kier molecular flexibility index (Phi) is 4.87. The summed E-state index contributed by atoms with van der Waals surface area (Å²) in [7, 11) is 0. The quantitative estimate of drug-likeness (QED) is 0.687. The van der Waals surface area contributed by atoms with Gasteiger partial charge in [-0.3, -0.25) is 4.90 Å². The monoisotopic (exact) mass is 251 g/mol. The van der Waals surface area contributed by atoms with Gasteiger partial charge in [0, 0.05) is 12.6 Å². The van der Waals surface area contributed by atoms with Crippen LogP contribution in [0.5, 0.6) is 0 Å². The van der Waals surface area contributed by atoms with E-state index < -0.39 is 12.2 Å². The van der Waals surface area contributed by atoms with E-state index in [1.54, 1.807) is 18.7 Å². The first-order valence-corrected chi connectivity index (χ1v) is 6.59. The number of hydrogen-bond acceptors (Lipinski definition) is 1. The van der Waals surface area contributed by atoms with Crippen molar-refractivity contribution in [3.05, 3.63) is 0 Å². The molecule has 1 saturated carbocycles. The van der Waals surface area contributed by atoms with E-state index in [9.17, 15) is 13.2 Å². The normalized spacial score (nSPS) is 21.0. The van der Waals surface area contributed by atoms with E-state index in [0.717, 1.165) is 19.3 Å². The Morgan fingerprint density at radius 2 is 1.71 bits per heavy atom. The minimum atomic E-state index is -4.12. The van der Waals surface area contributed by atoms with Crippen molar-refractivity contribution >= 4 is 0 Å². The number of rotatable bonds is 6. The third-order valence-corrected chi connectivity index (χ3v) is 3.65. The van der Waals surface area contributed by atoms with E-state index in [2.05, 4.69) is 0 Å². The summed E-state index contributed by atoms with van der Waals surface area (Å²) < 4.78 is 39.4. The fraction of sp³-hybridized carbons (Fsp3) is 1.00. The highest BCUT2D eigenvalue weighted by Gasteiger charge is 2.47. The molecule has 0 bridgehead atoms. The predicted molar refractivity (Wildman–Crippen MR) is 63.9 cm³/mol. The first kappa shape index (κ1) is 14.8. The third-order valence-electron chi connectivity index (χ3n) is 3.65. The molecule has 0 aromatic carbocycles. The van der Waals surface area contributed by atoms with Gasteiger partial charge in [0.05, 0.1) is 0 Å². The average molecular weight is 251 g/mol. The fourth-order valence-electron chi connectivity index (χ4n) is 2.35. The molecular formula is C13H24F3N. The summed E-state index contributed by atoms with van der Waals surface area (Å²) in [6, 6.07) is -1.29. The lowest BCUT2D eigenvalue weighted by molar-refractivity contribution is -0.201. The molecule has 1 aliphatic rings. The van der Waals surface area contributed by atoms with E-state index in [1.165, 1.54) is 0 Å². The Morgan fingerprint density at radius 1 is 1.18 bits per heavy atom. The van der Waals surface area contributed by atoms with Crippen molar-refractivity contribution in [2.24, 2.45) is 11.8 Å². The van der Waals surface area contributed by atoms with E-state index in [0.29, 0.717) is 12.5 Å². The number of nitrogens with zero attached hydrogens (tertiary/aromatic N) is 1. The highest BCUT2D eigenvalue weighted by atomic mass is 19.4. The van der Waals surface area contributed by atoms with Crippen LogP contribution in [0, 0.1) is 11.8 Å². The fourth-order valence-corrected chi connectivity index (χ4v) is 2.35. The Labute approximate surface area is 102 Å². The van der Waals surface area contributed by atoms with Crippen LogP contribution in [0.15, 0.2) is 0 Å². The molecule has 1 nitrogen and oxygen atoms in total. The first-order chi connectivity index (χ1) is 7.77. The molecule has 0 N–H and O–H groups in total. The van der Waals surface area contributed by atoms with Gasteiger partial charge < -0.3 is 0 Å². The maximum absolute atomic E-state index is 13.1. The van der Waals surface area contributed by atoms with Gasteiger partial charge in [-0.1, -0.05) is 20.8 Å². The van der Waals surface area contributed by atoms with Crippen LogP contribution in [-0.4, -0.2) is 29.7 Å². The summed E-state index contributed by atoms with van der Waals surface area (Å²) >= 11 is 0. The van der Waals surface area contributed by atoms with E-state index in [-0.39, 0.29) is 12.0 Å². The second-order valence-corrected chi connectivity index (χ2v) is 5.63. The summed E-state index contributed by atoms with van der Waals surface area (Å²) in [4.78, 5) is 1.68. The van der Waals surface area contributed by atoms with E-state index in [1.807, 2.05) is 13.8 Å². The van der Waals surface area contributed by atoms with E-state index in [4.69, 9.17) is 0 Å². The van der Waals surface area contributed by atoms with Crippen LogP contribution in [0.3, 0.4) is 0 Å². The van der Waals surface area contributed by atoms with Crippen LogP contribution >= 0.6 is 0 Å². The van der Waals surface area contributed by atoms with Crippen molar-refractivity contribution in [1.82, 2.24) is 4.90 Å². The molecule has 0 aromatic heterocycles. The second kappa shape index (κ2) is 5.59. The molecule has 17 heavy (non-hydrogen) atoms. The molecule has 0 heterocycles. The third kappa shape index (κ3) is 4.16. The smallest absolute Gasteiger partial charge is 0.289 e. The van der Waals surface area contributed by atoms with Gasteiger partial charge >= 0.3 is 6.18 Å². The lowest BCUT2D eigenvalue weighted by atomic mass is 9.99. The minimum Gasteiger partial charge on any atom is -0.289 e. The lowest BCUT2D eigenvalue weighted by Gasteiger charge is -2.39. The van der Waals surface area contributed by atoms with Crippen LogP contribution in [0.25, 0.3) is 0 Å². The van der Waals surface area contributed by atoms with Gasteiger partial charge in [-0.2, -0.15) is 13.2 Å². The number of halogens is 3. The zero-order valence-electron chi connectivity index (χ0n) is 11.2. The Balaban J connectivity index is 2.82. The maximum atomic E-state index is 13.1. The maximum Gasteiger partial charge on any atom is 0.404 e. The molecule has 1 rings (SSSR count). The lowest BCUT2D eigenvalue weighted by Crippen LogP contribution is -2.53. The summed E-state index contributed by atoms with van der Waals surface area (Å²) in [6.07, 6.45) is -1.16. The van der Waals surface area contributed by atoms with Crippen LogP contribution in [0.1, 0.15) is 47.0 Å². The predicted octanol–water partition coefficient (Wildman–Crippen LogP) is 4.08. The van der Waals surface area contributed by atoms with Gasteiger partial charge in [0.2, 0.25) is 0 Å². The summed E-state index contributed by atoms with van der Waals surface area (Å²) in [6.45, 7) is 7.81. The highest BCUT2D eigenvalue weighted by Crippen LogP contribution is 2.36. The van der Waals surface area contributed by atoms with Gasteiger partial charge in [-0.15, -0.1) is 0 Å². The topological polar surface area (TPSA) is 3.24 Å².